The molecule has 0 aliphatic heterocycles. The van der Waals surface area contributed by atoms with Crippen LogP contribution in [0.15, 0.2) is 33.4 Å². The van der Waals surface area contributed by atoms with Crippen LogP contribution in [0.5, 0.6) is 0 Å². The summed E-state index contributed by atoms with van der Waals surface area (Å²) in [6.45, 7) is 2.02. The van der Waals surface area contributed by atoms with E-state index < -0.39 is 0 Å². The van der Waals surface area contributed by atoms with E-state index in [4.69, 9.17) is 10.2 Å². The molecule has 0 saturated heterocycles. The minimum absolute atomic E-state index is 0.194. The van der Waals surface area contributed by atoms with Gasteiger partial charge in [0.25, 0.3) is 6.01 Å². The van der Waals surface area contributed by atoms with Gasteiger partial charge in [0.15, 0.2) is 0 Å². The second-order valence-corrected chi connectivity index (χ2v) is 3.95. The molecule has 0 spiro atoms. The van der Waals surface area contributed by atoms with Gasteiger partial charge in [0, 0.05) is 10.0 Å². The standard InChI is InChI=1S/C10H9BrN2O/c1-6-2-3-7(11)4-8(6)9-5-14-10(12)13-9/h2-5H,1H3,(H2,12,13). The van der Waals surface area contributed by atoms with E-state index in [1.807, 2.05) is 25.1 Å². The van der Waals surface area contributed by atoms with Gasteiger partial charge in [-0.2, -0.15) is 4.98 Å². The van der Waals surface area contributed by atoms with Crippen molar-refractivity contribution >= 4 is 21.9 Å². The van der Waals surface area contributed by atoms with Gasteiger partial charge in [-0.15, -0.1) is 0 Å². The summed E-state index contributed by atoms with van der Waals surface area (Å²) in [7, 11) is 0. The van der Waals surface area contributed by atoms with Crippen molar-refractivity contribution in [2.24, 2.45) is 0 Å². The Morgan fingerprint density at radius 3 is 2.86 bits per heavy atom. The third-order valence-electron chi connectivity index (χ3n) is 2.00. The maximum absolute atomic E-state index is 5.41. The van der Waals surface area contributed by atoms with Gasteiger partial charge in [-0.1, -0.05) is 22.0 Å². The zero-order chi connectivity index (χ0) is 10.1. The van der Waals surface area contributed by atoms with Gasteiger partial charge < -0.3 is 10.2 Å². The van der Waals surface area contributed by atoms with Crippen molar-refractivity contribution in [3.8, 4) is 11.3 Å². The highest BCUT2D eigenvalue weighted by Gasteiger charge is 2.06. The summed E-state index contributed by atoms with van der Waals surface area (Å²) in [6, 6.07) is 6.19. The fraction of sp³-hybridized carbons (Fsp3) is 0.100. The molecule has 2 aromatic rings. The number of nitrogens with two attached hydrogens (primary N) is 1. The topological polar surface area (TPSA) is 52.0 Å². The van der Waals surface area contributed by atoms with Gasteiger partial charge in [-0.05, 0) is 24.6 Å². The Labute approximate surface area is 90.1 Å². The third kappa shape index (κ3) is 1.65. The molecule has 72 valence electrons. The van der Waals surface area contributed by atoms with Crippen molar-refractivity contribution in [2.75, 3.05) is 5.73 Å². The van der Waals surface area contributed by atoms with Gasteiger partial charge in [0.1, 0.15) is 12.0 Å². The number of anilines is 1. The van der Waals surface area contributed by atoms with Crippen LogP contribution in [-0.2, 0) is 0 Å². The number of hydrogen-bond donors (Lipinski definition) is 1. The van der Waals surface area contributed by atoms with E-state index >= 15 is 0 Å². The predicted molar refractivity (Wildman–Crippen MR) is 58.8 cm³/mol. The lowest BCUT2D eigenvalue weighted by molar-refractivity contribution is 0.581. The number of aryl methyl sites for hydroxylation is 1. The Balaban J connectivity index is 2.55. The van der Waals surface area contributed by atoms with E-state index in [0.29, 0.717) is 0 Å². The molecule has 3 nitrogen and oxygen atoms in total. The second kappa shape index (κ2) is 3.46. The molecule has 0 saturated carbocycles. The first-order valence-corrected chi connectivity index (χ1v) is 4.93. The molecular formula is C10H9BrN2O. The predicted octanol–water partition coefficient (Wildman–Crippen LogP) is 2.99. The average molecular weight is 253 g/mol. The van der Waals surface area contributed by atoms with Crippen molar-refractivity contribution in [3.63, 3.8) is 0 Å². The molecule has 0 bridgehead atoms. The Morgan fingerprint density at radius 1 is 1.43 bits per heavy atom. The van der Waals surface area contributed by atoms with Crippen molar-refractivity contribution in [2.45, 2.75) is 6.92 Å². The fourth-order valence-electron chi connectivity index (χ4n) is 1.28. The number of nitrogen functional groups attached to an aromatic ring is 1. The largest absolute Gasteiger partial charge is 0.432 e. The van der Waals surface area contributed by atoms with Crippen molar-refractivity contribution in [3.05, 3.63) is 34.5 Å². The lowest BCUT2D eigenvalue weighted by Gasteiger charge is -2.01. The lowest BCUT2D eigenvalue weighted by atomic mass is 10.1. The summed E-state index contributed by atoms with van der Waals surface area (Å²) >= 11 is 3.41. The van der Waals surface area contributed by atoms with Crippen LogP contribution >= 0.6 is 15.9 Å². The number of oxazole rings is 1. The number of aromatic nitrogens is 1. The second-order valence-electron chi connectivity index (χ2n) is 3.03. The van der Waals surface area contributed by atoms with Crippen LogP contribution in [0.3, 0.4) is 0 Å². The molecule has 4 heteroatoms. The van der Waals surface area contributed by atoms with Crippen LogP contribution < -0.4 is 5.73 Å². The molecule has 1 heterocycles. The first kappa shape index (κ1) is 9.27. The van der Waals surface area contributed by atoms with Crippen LogP contribution in [0, 0.1) is 6.92 Å². The van der Waals surface area contributed by atoms with Crippen molar-refractivity contribution in [1.82, 2.24) is 4.98 Å². The summed E-state index contributed by atoms with van der Waals surface area (Å²) in [5.41, 5.74) is 8.35. The van der Waals surface area contributed by atoms with Crippen LogP contribution in [0.4, 0.5) is 6.01 Å². The Bertz CT molecular complexity index is 465. The number of halogens is 1. The summed E-state index contributed by atoms with van der Waals surface area (Å²) in [4.78, 5) is 4.07. The summed E-state index contributed by atoms with van der Waals surface area (Å²) in [5.74, 6) is 0. The van der Waals surface area contributed by atoms with Crippen LogP contribution in [0.25, 0.3) is 11.3 Å². The zero-order valence-corrected chi connectivity index (χ0v) is 9.21. The molecule has 0 amide bonds. The number of benzene rings is 1. The Kier molecular flexibility index (Phi) is 2.29. The third-order valence-corrected chi connectivity index (χ3v) is 2.49. The van der Waals surface area contributed by atoms with Crippen LogP contribution in [-0.4, -0.2) is 4.98 Å². The molecule has 0 unspecified atom stereocenters. The first-order valence-electron chi connectivity index (χ1n) is 4.14. The number of hydrogen-bond acceptors (Lipinski definition) is 3. The van der Waals surface area contributed by atoms with E-state index in [2.05, 4.69) is 20.9 Å². The minimum Gasteiger partial charge on any atom is -0.432 e. The monoisotopic (exact) mass is 252 g/mol. The van der Waals surface area contributed by atoms with Crippen molar-refractivity contribution in [1.29, 1.82) is 0 Å². The van der Waals surface area contributed by atoms with E-state index in [9.17, 15) is 0 Å². The molecule has 1 aromatic heterocycles. The molecule has 0 radical (unpaired) electrons. The van der Waals surface area contributed by atoms with Crippen LogP contribution in [0.1, 0.15) is 5.56 Å². The summed E-state index contributed by atoms with van der Waals surface area (Å²) in [5, 5.41) is 0. The molecule has 2 rings (SSSR count). The molecular weight excluding hydrogens is 244 g/mol. The lowest BCUT2D eigenvalue weighted by Crippen LogP contribution is -1.86. The Morgan fingerprint density at radius 2 is 2.21 bits per heavy atom. The van der Waals surface area contributed by atoms with Crippen molar-refractivity contribution < 1.29 is 4.42 Å². The summed E-state index contributed by atoms with van der Waals surface area (Å²) in [6.07, 6.45) is 1.56. The molecule has 0 aliphatic carbocycles. The molecule has 14 heavy (non-hydrogen) atoms. The first-order chi connectivity index (χ1) is 6.66. The SMILES string of the molecule is Cc1ccc(Br)cc1-c1coc(N)n1. The quantitative estimate of drug-likeness (QED) is 0.849. The normalized spacial score (nSPS) is 10.4. The van der Waals surface area contributed by atoms with Gasteiger partial charge in [-0.25, -0.2) is 0 Å². The highest BCUT2D eigenvalue weighted by molar-refractivity contribution is 9.10. The Hall–Kier alpha value is -1.29. The molecule has 0 aliphatic rings. The number of rotatable bonds is 1. The van der Waals surface area contributed by atoms with Gasteiger partial charge >= 0.3 is 0 Å². The minimum atomic E-state index is 0.194. The van der Waals surface area contributed by atoms with E-state index in [-0.39, 0.29) is 6.01 Å². The maximum atomic E-state index is 5.41. The molecule has 2 N–H and O–H groups in total. The molecule has 0 fully saturated rings. The number of nitrogens with zero attached hydrogens (tertiary/aromatic N) is 1. The maximum Gasteiger partial charge on any atom is 0.292 e. The van der Waals surface area contributed by atoms with E-state index in [0.717, 1.165) is 21.3 Å². The highest BCUT2D eigenvalue weighted by Crippen LogP contribution is 2.26. The fourth-order valence-corrected chi connectivity index (χ4v) is 1.64. The van der Waals surface area contributed by atoms with Gasteiger partial charge in [0.05, 0.1) is 0 Å². The van der Waals surface area contributed by atoms with Crippen LogP contribution in [0.2, 0.25) is 0 Å². The average Bonchev–Trinajstić information content (AvgIpc) is 2.56. The summed E-state index contributed by atoms with van der Waals surface area (Å²) < 4.78 is 5.98. The van der Waals surface area contributed by atoms with Gasteiger partial charge in [0.2, 0.25) is 0 Å². The zero-order valence-electron chi connectivity index (χ0n) is 7.62. The van der Waals surface area contributed by atoms with Gasteiger partial charge in [-0.3, -0.25) is 0 Å². The molecule has 0 atom stereocenters. The molecule has 1 aromatic carbocycles. The highest BCUT2D eigenvalue weighted by atomic mass is 79.9. The van der Waals surface area contributed by atoms with E-state index in [1.54, 1.807) is 6.26 Å². The van der Waals surface area contributed by atoms with E-state index in [1.165, 1.54) is 0 Å². The smallest absolute Gasteiger partial charge is 0.292 e.